The smallest absolute Gasteiger partial charge is 0.337 e. The Morgan fingerprint density at radius 1 is 1.19 bits per heavy atom. The first-order chi connectivity index (χ1) is 9.86. The van der Waals surface area contributed by atoms with Gasteiger partial charge in [-0.25, -0.2) is 0 Å². The predicted octanol–water partition coefficient (Wildman–Crippen LogP) is 1.79. The molecule has 0 spiro atoms. The maximum Gasteiger partial charge on any atom is 0.416 e. The lowest BCUT2D eigenvalue weighted by Gasteiger charge is -2.21. The number of amides is 1. The molecular formula is C14H17F3N2O2. The summed E-state index contributed by atoms with van der Waals surface area (Å²) < 4.78 is 37.8. The van der Waals surface area contributed by atoms with Crippen molar-refractivity contribution in [3.05, 3.63) is 35.4 Å². The highest BCUT2D eigenvalue weighted by Crippen LogP contribution is 2.29. The summed E-state index contributed by atoms with van der Waals surface area (Å²) in [5, 5.41) is 0. The van der Waals surface area contributed by atoms with Gasteiger partial charge in [-0.05, 0) is 18.7 Å². The lowest BCUT2D eigenvalue weighted by atomic mass is 10.1. The highest BCUT2D eigenvalue weighted by Gasteiger charge is 2.30. The standard InChI is InChI=1S/C14H17F3N2O2/c1-18(5-6-19(11-21)7-8-20)10-12-3-2-4-13(9-12)14(15,16)17/h2-4,8-9,11H,5-7,10H2,1H3. The summed E-state index contributed by atoms with van der Waals surface area (Å²) in [6.45, 7) is 1.15. The quantitative estimate of drug-likeness (QED) is 0.688. The van der Waals surface area contributed by atoms with Crippen LogP contribution >= 0.6 is 0 Å². The Bertz CT molecular complexity index is 478. The fraction of sp³-hybridized carbons (Fsp3) is 0.429. The Balaban J connectivity index is 2.56. The van der Waals surface area contributed by atoms with Gasteiger partial charge in [0, 0.05) is 19.6 Å². The maximum absolute atomic E-state index is 12.6. The average molecular weight is 302 g/mol. The Morgan fingerprint density at radius 2 is 1.90 bits per heavy atom. The monoisotopic (exact) mass is 302 g/mol. The zero-order chi connectivity index (χ0) is 15.9. The summed E-state index contributed by atoms with van der Waals surface area (Å²) in [5.41, 5.74) is -0.135. The van der Waals surface area contributed by atoms with Gasteiger partial charge in [0.2, 0.25) is 6.41 Å². The number of alkyl halides is 3. The van der Waals surface area contributed by atoms with Gasteiger partial charge in [0.25, 0.3) is 0 Å². The summed E-state index contributed by atoms with van der Waals surface area (Å²) in [5.74, 6) is 0. The van der Waals surface area contributed by atoms with Crippen LogP contribution in [0.25, 0.3) is 0 Å². The zero-order valence-electron chi connectivity index (χ0n) is 11.6. The van der Waals surface area contributed by atoms with Crippen LogP contribution in [0.4, 0.5) is 13.2 Å². The number of aldehydes is 1. The second kappa shape index (κ2) is 7.78. The molecule has 1 aromatic rings. The van der Waals surface area contributed by atoms with E-state index in [-0.39, 0.29) is 6.54 Å². The van der Waals surface area contributed by atoms with Gasteiger partial charge < -0.3 is 14.6 Å². The molecule has 0 fully saturated rings. The molecule has 0 aromatic heterocycles. The molecule has 0 N–H and O–H groups in total. The third kappa shape index (κ3) is 5.95. The van der Waals surface area contributed by atoms with Gasteiger partial charge in [0.1, 0.15) is 6.29 Å². The van der Waals surface area contributed by atoms with Gasteiger partial charge in [0.15, 0.2) is 0 Å². The van der Waals surface area contributed by atoms with E-state index < -0.39 is 11.7 Å². The Hall–Kier alpha value is -1.89. The van der Waals surface area contributed by atoms with Crippen molar-refractivity contribution in [3.8, 4) is 0 Å². The summed E-state index contributed by atoms with van der Waals surface area (Å²) >= 11 is 0. The first kappa shape index (κ1) is 17.2. The van der Waals surface area contributed by atoms with E-state index >= 15 is 0 Å². The minimum absolute atomic E-state index is 0.0148. The highest BCUT2D eigenvalue weighted by molar-refractivity contribution is 5.59. The van der Waals surface area contributed by atoms with Crippen molar-refractivity contribution in [3.63, 3.8) is 0 Å². The summed E-state index contributed by atoms with van der Waals surface area (Å²) in [4.78, 5) is 24.1. The van der Waals surface area contributed by atoms with E-state index in [1.165, 1.54) is 11.0 Å². The number of hydrogen-bond acceptors (Lipinski definition) is 3. The number of rotatable bonds is 8. The molecule has 0 saturated carbocycles. The molecule has 116 valence electrons. The molecule has 0 aliphatic rings. The van der Waals surface area contributed by atoms with Gasteiger partial charge in [-0.1, -0.05) is 18.2 Å². The third-order valence-electron chi connectivity index (χ3n) is 2.93. The SMILES string of the molecule is CN(CCN(C=O)CC=O)Cc1cccc(C(F)(F)F)c1. The van der Waals surface area contributed by atoms with Gasteiger partial charge >= 0.3 is 6.18 Å². The van der Waals surface area contributed by atoms with E-state index in [9.17, 15) is 22.8 Å². The van der Waals surface area contributed by atoms with Crippen molar-refractivity contribution in [2.75, 3.05) is 26.7 Å². The molecule has 0 atom stereocenters. The van der Waals surface area contributed by atoms with Crippen LogP contribution < -0.4 is 0 Å². The second-order valence-electron chi connectivity index (χ2n) is 4.70. The van der Waals surface area contributed by atoms with E-state index in [1.807, 2.05) is 0 Å². The number of carbonyl (C=O) groups is 2. The predicted molar refractivity (Wildman–Crippen MR) is 71.5 cm³/mol. The lowest BCUT2D eigenvalue weighted by Crippen LogP contribution is -2.33. The molecule has 1 aromatic carbocycles. The van der Waals surface area contributed by atoms with Gasteiger partial charge in [-0.15, -0.1) is 0 Å². The third-order valence-corrected chi connectivity index (χ3v) is 2.93. The molecule has 0 saturated heterocycles. The molecule has 0 aliphatic heterocycles. The molecule has 21 heavy (non-hydrogen) atoms. The first-order valence-electron chi connectivity index (χ1n) is 6.34. The van der Waals surface area contributed by atoms with Crippen LogP contribution in [0, 0.1) is 0 Å². The van der Waals surface area contributed by atoms with Crippen LogP contribution in [-0.2, 0) is 22.3 Å². The highest BCUT2D eigenvalue weighted by atomic mass is 19.4. The van der Waals surface area contributed by atoms with Crippen LogP contribution in [0.2, 0.25) is 0 Å². The van der Waals surface area contributed by atoms with Crippen molar-refractivity contribution >= 4 is 12.7 Å². The first-order valence-corrected chi connectivity index (χ1v) is 6.34. The van der Waals surface area contributed by atoms with Crippen LogP contribution in [0.1, 0.15) is 11.1 Å². The second-order valence-corrected chi connectivity index (χ2v) is 4.70. The Kier molecular flexibility index (Phi) is 6.36. The number of likely N-dealkylation sites (N-methyl/N-ethyl adjacent to an activating group) is 1. The van der Waals surface area contributed by atoms with E-state index in [4.69, 9.17) is 0 Å². The fourth-order valence-electron chi connectivity index (χ4n) is 1.82. The largest absolute Gasteiger partial charge is 0.416 e. The Labute approximate surface area is 121 Å². The molecular weight excluding hydrogens is 285 g/mol. The van der Waals surface area contributed by atoms with Crippen LogP contribution in [0.15, 0.2) is 24.3 Å². The molecule has 1 amide bonds. The summed E-state index contributed by atoms with van der Waals surface area (Å²) in [7, 11) is 1.74. The minimum atomic E-state index is -4.35. The van der Waals surface area contributed by atoms with Crippen molar-refractivity contribution in [2.24, 2.45) is 0 Å². The molecule has 0 aliphatic carbocycles. The normalized spacial score (nSPS) is 11.5. The van der Waals surface area contributed by atoms with Crippen molar-refractivity contribution in [2.45, 2.75) is 12.7 Å². The lowest BCUT2D eigenvalue weighted by molar-refractivity contribution is -0.137. The number of carbonyl (C=O) groups excluding carboxylic acids is 2. The zero-order valence-corrected chi connectivity index (χ0v) is 11.6. The number of halogens is 3. The van der Waals surface area contributed by atoms with Gasteiger partial charge in [-0.3, -0.25) is 4.79 Å². The van der Waals surface area contributed by atoms with Gasteiger partial charge in [0.05, 0.1) is 12.1 Å². The molecule has 4 nitrogen and oxygen atoms in total. The van der Waals surface area contributed by atoms with E-state index in [0.717, 1.165) is 12.1 Å². The number of hydrogen-bond donors (Lipinski definition) is 0. The van der Waals surface area contributed by atoms with E-state index in [2.05, 4.69) is 0 Å². The van der Waals surface area contributed by atoms with Crippen LogP contribution in [0.5, 0.6) is 0 Å². The van der Waals surface area contributed by atoms with Crippen molar-refractivity contribution in [1.29, 1.82) is 0 Å². The maximum atomic E-state index is 12.6. The molecule has 0 bridgehead atoms. The fourth-order valence-corrected chi connectivity index (χ4v) is 1.82. The van der Waals surface area contributed by atoms with E-state index in [0.29, 0.717) is 37.9 Å². The molecule has 0 heterocycles. The Morgan fingerprint density at radius 3 is 2.48 bits per heavy atom. The van der Waals surface area contributed by atoms with Crippen LogP contribution in [-0.4, -0.2) is 49.2 Å². The summed E-state index contributed by atoms with van der Waals surface area (Å²) in [6.07, 6.45) is -3.15. The van der Waals surface area contributed by atoms with Gasteiger partial charge in [-0.2, -0.15) is 13.2 Å². The molecule has 0 unspecified atom stereocenters. The summed E-state index contributed by atoms with van der Waals surface area (Å²) in [6, 6.07) is 5.13. The topological polar surface area (TPSA) is 40.6 Å². The van der Waals surface area contributed by atoms with Crippen LogP contribution in [0.3, 0.4) is 0 Å². The van der Waals surface area contributed by atoms with Crippen molar-refractivity contribution in [1.82, 2.24) is 9.80 Å². The number of benzene rings is 1. The number of nitrogens with zero attached hydrogens (tertiary/aromatic N) is 2. The minimum Gasteiger partial charge on any atom is -0.337 e. The van der Waals surface area contributed by atoms with Crippen molar-refractivity contribution < 1.29 is 22.8 Å². The molecule has 0 radical (unpaired) electrons. The molecule has 1 rings (SSSR count). The molecule has 7 heteroatoms. The average Bonchev–Trinajstić information content (AvgIpc) is 2.42. The van der Waals surface area contributed by atoms with E-state index in [1.54, 1.807) is 18.0 Å².